The minimum atomic E-state index is -0.175. The molecule has 0 unspecified atom stereocenters. The average Bonchev–Trinajstić information content (AvgIpc) is 3.08. The van der Waals surface area contributed by atoms with Gasteiger partial charge in [-0.15, -0.1) is 0 Å². The maximum atomic E-state index is 12.1. The molecule has 1 saturated carbocycles. The Morgan fingerprint density at radius 3 is 3.00 bits per heavy atom. The second kappa shape index (κ2) is 6.34. The summed E-state index contributed by atoms with van der Waals surface area (Å²) in [6.45, 7) is 3.00. The Balaban J connectivity index is 1.56. The summed E-state index contributed by atoms with van der Waals surface area (Å²) in [5, 5.41) is 2.57. The van der Waals surface area contributed by atoms with Gasteiger partial charge in [-0.1, -0.05) is 0 Å². The van der Waals surface area contributed by atoms with Crippen LogP contribution in [-0.4, -0.2) is 47.4 Å². The van der Waals surface area contributed by atoms with Crippen LogP contribution in [0.1, 0.15) is 19.8 Å². The number of nitrogens with one attached hydrogen (secondary N) is 1. The third-order valence-corrected chi connectivity index (χ3v) is 4.55. The van der Waals surface area contributed by atoms with Gasteiger partial charge in [0, 0.05) is 32.1 Å². The van der Waals surface area contributed by atoms with E-state index in [1.807, 2.05) is 17.0 Å². The van der Waals surface area contributed by atoms with Gasteiger partial charge in [-0.25, -0.2) is 0 Å². The Labute approximate surface area is 129 Å². The average molecular weight is 303 g/mol. The lowest BCUT2D eigenvalue weighted by molar-refractivity contribution is -0.131. The van der Waals surface area contributed by atoms with Crippen molar-refractivity contribution in [1.82, 2.24) is 15.2 Å². The van der Waals surface area contributed by atoms with Crippen molar-refractivity contribution >= 4 is 11.8 Å². The van der Waals surface area contributed by atoms with Gasteiger partial charge in [0.1, 0.15) is 11.9 Å². The minimum absolute atomic E-state index is 0.00951. The maximum Gasteiger partial charge on any atom is 0.241 e. The molecule has 118 valence electrons. The van der Waals surface area contributed by atoms with Crippen molar-refractivity contribution < 1.29 is 14.3 Å². The molecule has 1 saturated heterocycles. The summed E-state index contributed by atoms with van der Waals surface area (Å²) >= 11 is 0. The van der Waals surface area contributed by atoms with E-state index in [-0.39, 0.29) is 24.5 Å². The lowest BCUT2D eigenvalue weighted by Gasteiger charge is -2.22. The van der Waals surface area contributed by atoms with Crippen molar-refractivity contribution in [3.05, 3.63) is 24.5 Å². The minimum Gasteiger partial charge on any atom is -0.488 e. The summed E-state index contributed by atoms with van der Waals surface area (Å²) < 4.78 is 6.05. The smallest absolute Gasteiger partial charge is 0.241 e. The molecule has 22 heavy (non-hydrogen) atoms. The number of aromatic nitrogens is 1. The van der Waals surface area contributed by atoms with Crippen molar-refractivity contribution in [3.63, 3.8) is 0 Å². The van der Waals surface area contributed by atoms with Gasteiger partial charge >= 0.3 is 0 Å². The molecule has 1 aliphatic heterocycles. The molecule has 3 atom stereocenters. The fourth-order valence-electron chi connectivity index (χ4n) is 3.47. The Morgan fingerprint density at radius 1 is 1.41 bits per heavy atom. The van der Waals surface area contributed by atoms with E-state index in [0.717, 1.165) is 25.1 Å². The predicted octanol–water partition coefficient (Wildman–Crippen LogP) is 0.833. The molecular weight excluding hydrogens is 282 g/mol. The summed E-state index contributed by atoms with van der Waals surface area (Å²) in [4.78, 5) is 28.9. The van der Waals surface area contributed by atoms with Crippen molar-refractivity contribution in [2.24, 2.45) is 11.8 Å². The highest BCUT2D eigenvalue weighted by Gasteiger charge is 2.45. The molecule has 0 aromatic carbocycles. The van der Waals surface area contributed by atoms with E-state index >= 15 is 0 Å². The number of likely N-dealkylation sites (tertiary alicyclic amines) is 1. The normalized spacial score (nSPS) is 26.6. The van der Waals surface area contributed by atoms with Crippen molar-refractivity contribution in [3.8, 4) is 5.75 Å². The number of amides is 2. The van der Waals surface area contributed by atoms with Crippen molar-refractivity contribution in [2.75, 3.05) is 19.6 Å². The van der Waals surface area contributed by atoms with Crippen LogP contribution in [0.4, 0.5) is 0 Å². The molecular formula is C16H21N3O3. The topological polar surface area (TPSA) is 71.5 Å². The van der Waals surface area contributed by atoms with Crippen LogP contribution in [0, 0.1) is 11.8 Å². The third kappa shape index (κ3) is 3.21. The van der Waals surface area contributed by atoms with Crippen LogP contribution >= 0.6 is 0 Å². The number of rotatable bonds is 4. The number of fused-ring (bicyclic) bond motifs is 1. The summed E-state index contributed by atoms with van der Waals surface area (Å²) in [6.07, 6.45) is 5.70. The molecule has 2 heterocycles. The van der Waals surface area contributed by atoms with Gasteiger partial charge in [0.2, 0.25) is 11.8 Å². The molecule has 1 aromatic rings. The van der Waals surface area contributed by atoms with Crippen LogP contribution in [-0.2, 0) is 9.59 Å². The van der Waals surface area contributed by atoms with E-state index in [1.165, 1.54) is 6.92 Å². The molecule has 6 nitrogen and oxygen atoms in total. The lowest BCUT2D eigenvalue weighted by atomic mass is 9.99. The molecule has 2 fully saturated rings. The lowest BCUT2D eigenvalue weighted by Crippen LogP contribution is -2.39. The van der Waals surface area contributed by atoms with Gasteiger partial charge in [-0.05, 0) is 30.9 Å². The van der Waals surface area contributed by atoms with E-state index in [2.05, 4.69) is 10.3 Å². The molecule has 0 spiro atoms. The Bertz CT molecular complexity index is 549. The third-order valence-electron chi connectivity index (χ3n) is 4.55. The zero-order valence-electron chi connectivity index (χ0n) is 12.7. The second-order valence-electron chi connectivity index (χ2n) is 6.05. The van der Waals surface area contributed by atoms with Gasteiger partial charge in [0.25, 0.3) is 0 Å². The van der Waals surface area contributed by atoms with E-state index < -0.39 is 0 Å². The standard InChI is InChI=1S/C16H21N3O3/c1-11(20)18-8-16(21)19-9-12-4-5-15(14(12)10-19)22-13-3-2-6-17-7-13/h2-3,6-7,12,14-15H,4-5,8-10H2,1H3,(H,18,20)/t12-,14+,15+/m1/s1. The van der Waals surface area contributed by atoms with E-state index in [0.29, 0.717) is 18.4 Å². The van der Waals surface area contributed by atoms with Crippen LogP contribution in [0.15, 0.2) is 24.5 Å². The van der Waals surface area contributed by atoms with Gasteiger partial charge in [0.05, 0.1) is 12.7 Å². The van der Waals surface area contributed by atoms with Crippen LogP contribution in [0.25, 0.3) is 0 Å². The molecule has 1 aromatic heterocycles. The number of carbonyl (C=O) groups excluding carboxylic acids is 2. The number of ether oxygens (including phenoxy) is 1. The Hall–Kier alpha value is -2.11. The highest BCUT2D eigenvalue weighted by molar-refractivity contribution is 5.83. The Kier molecular flexibility index (Phi) is 4.27. The van der Waals surface area contributed by atoms with Gasteiger partial charge in [0.15, 0.2) is 0 Å². The van der Waals surface area contributed by atoms with Crippen LogP contribution in [0.3, 0.4) is 0 Å². The molecule has 1 N–H and O–H groups in total. The van der Waals surface area contributed by atoms with Crippen molar-refractivity contribution in [1.29, 1.82) is 0 Å². The SMILES string of the molecule is CC(=O)NCC(=O)N1C[C@H]2CC[C@H](Oc3cccnc3)[C@H]2C1. The fourth-order valence-corrected chi connectivity index (χ4v) is 3.47. The first-order valence-electron chi connectivity index (χ1n) is 7.72. The van der Waals surface area contributed by atoms with Crippen LogP contribution < -0.4 is 10.1 Å². The largest absolute Gasteiger partial charge is 0.488 e. The van der Waals surface area contributed by atoms with Crippen LogP contribution in [0.2, 0.25) is 0 Å². The number of pyridine rings is 1. The first kappa shape index (κ1) is 14.8. The fraction of sp³-hybridized carbons (Fsp3) is 0.562. The Morgan fingerprint density at radius 2 is 2.27 bits per heavy atom. The zero-order valence-corrected chi connectivity index (χ0v) is 12.7. The molecule has 3 rings (SSSR count). The van der Waals surface area contributed by atoms with Gasteiger partial charge in [-0.3, -0.25) is 14.6 Å². The highest BCUT2D eigenvalue weighted by atomic mass is 16.5. The molecule has 2 aliphatic rings. The van der Waals surface area contributed by atoms with E-state index in [1.54, 1.807) is 12.4 Å². The molecule has 2 amide bonds. The highest BCUT2D eigenvalue weighted by Crippen LogP contribution is 2.40. The van der Waals surface area contributed by atoms with Gasteiger partial charge < -0.3 is 15.0 Å². The quantitative estimate of drug-likeness (QED) is 0.894. The monoisotopic (exact) mass is 303 g/mol. The summed E-state index contributed by atoms with van der Waals surface area (Å²) in [6, 6.07) is 3.77. The molecule has 6 heteroatoms. The number of hydrogen-bond acceptors (Lipinski definition) is 4. The van der Waals surface area contributed by atoms with E-state index in [9.17, 15) is 9.59 Å². The summed E-state index contributed by atoms with van der Waals surface area (Å²) in [5.41, 5.74) is 0. The second-order valence-corrected chi connectivity index (χ2v) is 6.05. The zero-order chi connectivity index (χ0) is 15.5. The number of nitrogens with zero attached hydrogens (tertiary/aromatic N) is 2. The first-order valence-corrected chi connectivity index (χ1v) is 7.72. The van der Waals surface area contributed by atoms with Crippen molar-refractivity contribution in [2.45, 2.75) is 25.9 Å². The van der Waals surface area contributed by atoms with Gasteiger partial charge in [-0.2, -0.15) is 0 Å². The number of hydrogen-bond donors (Lipinski definition) is 1. The summed E-state index contributed by atoms with van der Waals surface area (Å²) in [7, 11) is 0. The molecule has 1 aliphatic carbocycles. The maximum absolute atomic E-state index is 12.1. The van der Waals surface area contributed by atoms with Crippen LogP contribution in [0.5, 0.6) is 5.75 Å². The number of carbonyl (C=O) groups is 2. The molecule has 0 radical (unpaired) electrons. The first-order chi connectivity index (χ1) is 10.6. The predicted molar refractivity (Wildman–Crippen MR) is 80.1 cm³/mol. The van der Waals surface area contributed by atoms with E-state index in [4.69, 9.17) is 4.74 Å². The summed E-state index contributed by atoms with van der Waals surface area (Å²) in [5.74, 6) is 1.48. The molecule has 0 bridgehead atoms.